The van der Waals surface area contributed by atoms with Crippen LogP contribution in [0.2, 0.25) is 0 Å². The second kappa shape index (κ2) is 6.57. The van der Waals surface area contributed by atoms with Gasteiger partial charge in [-0.2, -0.15) is 0 Å². The molecule has 0 bridgehead atoms. The molecule has 0 fully saturated rings. The fourth-order valence-corrected chi connectivity index (χ4v) is 1.74. The number of nitrogens with two attached hydrogens (primary N) is 1. The predicted molar refractivity (Wildman–Crippen MR) is 78.4 cm³/mol. The van der Waals surface area contributed by atoms with E-state index in [1.165, 1.54) is 5.56 Å². The van der Waals surface area contributed by atoms with Crippen LogP contribution in [0.25, 0.3) is 0 Å². The number of carbonyl (C=O) groups excluding carboxylic acids is 1. The number of benzene rings is 1. The van der Waals surface area contributed by atoms with E-state index in [2.05, 4.69) is 11.4 Å². The van der Waals surface area contributed by atoms with Crippen LogP contribution >= 0.6 is 0 Å². The number of amides is 1. The number of hydrogen-bond donors (Lipinski definition) is 2. The van der Waals surface area contributed by atoms with Crippen molar-refractivity contribution in [2.24, 2.45) is 5.73 Å². The van der Waals surface area contributed by atoms with Crippen molar-refractivity contribution in [3.05, 3.63) is 29.3 Å². The molecule has 106 valence electrons. The SMILES string of the molecule is Cc1cc(CCCN)ccc1NC(=O)OC(C)(C)C. The Labute approximate surface area is 115 Å². The Morgan fingerprint density at radius 1 is 1.37 bits per heavy atom. The van der Waals surface area contributed by atoms with Crippen molar-refractivity contribution >= 4 is 11.8 Å². The van der Waals surface area contributed by atoms with Crippen LogP contribution in [-0.4, -0.2) is 18.2 Å². The molecule has 0 heterocycles. The van der Waals surface area contributed by atoms with Crippen LogP contribution in [0.1, 0.15) is 38.3 Å². The van der Waals surface area contributed by atoms with Crippen LogP contribution in [0.3, 0.4) is 0 Å². The summed E-state index contributed by atoms with van der Waals surface area (Å²) in [4.78, 5) is 11.7. The molecular weight excluding hydrogens is 240 g/mol. The number of anilines is 1. The molecular formula is C15H24N2O2. The van der Waals surface area contributed by atoms with Crippen LogP contribution in [0.5, 0.6) is 0 Å². The van der Waals surface area contributed by atoms with Gasteiger partial charge in [0.05, 0.1) is 0 Å². The Hall–Kier alpha value is -1.55. The summed E-state index contributed by atoms with van der Waals surface area (Å²) in [6.07, 6.45) is 1.51. The quantitative estimate of drug-likeness (QED) is 0.877. The van der Waals surface area contributed by atoms with Crippen LogP contribution < -0.4 is 11.1 Å². The van der Waals surface area contributed by atoms with Gasteiger partial charge in [-0.05, 0) is 64.3 Å². The summed E-state index contributed by atoms with van der Waals surface area (Å²) in [6, 6.07) is 5.99. The topological polar surface area (TPSA) is 64.3 Å². The average molecular weight is 264 g/mol. The first-order chi connectivity index (χ1) is 8.81. The molecule has 4 heteroatoms. The predicted octanol–water partition coefficient (Wildman–Crippen LogP) is 3.23. The molecule has 1 amide bonds. The van der Waals surface area contributed by atoms with Gasteiger partial charge in [0.2, 0.25) is 0 Å². The zero-order chi connectivity index (χ0) is 14.5. The third kappa shape index (κ3) is 5.75. The van der Waals surface area contributed by atoms with Crippen LogP contribution in [-0.2, 0) is 11.2 Å². The maximum atomic E-state index is 11.7. The number of hydrogen-bond acceptors (Lipinski definition) is 3. The van der Waals surface area contributed by atoms with Gasteiger partial charge in [-0.15, -0.1) is 0 Å². The molecule has 1 aromatic rings. The van der Waals surface area contributed by atoms with Crippen molar-refractivity contribution in [1.82, 2.24) is 0 Å². The molecule has 0 aliphatic rings. The van der Waals surface area contributed by atoms with Crippen molar-refractivity contribution < 1.29 is 9.53 Å². The third-order valence-electron chi connectivity index (χ3n) is 2.60. The highest BCUT2D eigenvalue weighted by Gasteiger charge is 2.16. The summed E-state index contributed by atoms with van der Waals surface area (Å²) in [5.74, 6) is 0. The van der Waals surface area contributed by atoms with Gasteiger partial charge in [-0.25, -0.2) is 4.79 Å². The minimum Gasteiger partial charge on any atom is -0.444 e. The van der Waals surface area contributed by atoms with Crippen LogP contribution in [0.4, 0.5) is 10.5 Å². The average Bonchev–Trinajstić information content (AvgIpc) is 2.27. The van der Waals surface area contributed by atoms with E-state index in [1.54, 1.807) is 0 Å². The van der Waals surface area contributed by atoms with Crippen LogP contribution in [0, 0.1) is 6.92 Å². The molecule has 1 aromatic carbocycles. The van der Waals surface area contributed by atoms with E-state index in [-0.39, 0.29) is 0 Å². The maximum Gasteiger partial charge on any atom is 0.412 e. The van der Waals surface area contributed by atoms with E-state index in [4.69, 9.17) is 10.5 Å². The van der Waals surface area contributed by atoms with Crippen LogP contribution in [0.15, 0.2) is 18.2 Å². The van der Waals surface area contributed by atoms with E-state index >= 15 is 0 Å². The molecule has 4 nitrogen and oxygen atoms in total. The number of aryl methyl sites for hydroxylation is 2. The zero-order valence-corrected chi connectivity index (χ0v) is 12.2. The molecule has 3 N–H and O–H groups in total. The summed E-state index contributed by atoms with van der Waals surface area (Å²) >= 11 is 0. The van der Waals surface area contributed by atoms with Crippen molar-refractivity contribution in [3.8, 4) is 0 Å². The highest BCUT2D eigenvalue weighted by Crippen LogP contribution is 2.18. The van der Waals surface area contributed by atoms with E-state index in [1.807, 2.05) is 39.8 Å². The molecule has 1 rings (SSSR count). The Morgan fingerprint density at radius 2 is 2.05 bits per heavy atom. The lowest BCUT2D eigenvalue weighted by atomic mass is 10.1. The van der Waals surface area contributed by atoms with E-state index in [0.29, 0.717) is 6.54 Å². The van der Waals surface area contributed by atoms with Crippen molar-refractivity contribution in [3.63, 3.8) is 0 Å². The lowest BCUT2D eigenvalue weighted by molar-refractivity contribution is 0.0636. The molecule has 0 saturated carbocycles. The summed E-state index contributed by atoms with van der Waals surface area (Å²) < 4.78 is 5.23. The molecule has 0 spiro atoms. The van der Waals surface area contributed by atoms with Gasteiger partial charge in [-0.1, -0.05) is 12.1 Å². The standard InChI is InChI=1S/C15H24N2O2/c1-11-10-12(6-5-9-16)7-8-13(11)17-14(18)19-15(2,3)4/h7-8,10H,5-6,9,16H2,1-4H3,(H,17,18). The second-order valence-corrected chi connectivity index (χ2v) is 5.67. The van der Waals surface area contributed by atoms with E-state index < -0.39 is 11.7 Å². The molecule has 0 atom stereocenters. The van der Waals surface area contributed by atoms with Gasteiger partial charge in [0.25, 0.3) is 0 Å². The summed E-state index contributed by atoms with van der Waals surface area (Å²) in [7, 11) is 0. The first-order valence-electron chi connectivity index (χ1n) is 6.61. The minimum atomic E-state index is -0.487. The Bertz CT molecular complexity index is 436. The minimum absolute atomic E-state index is 0.426. The molecule has 0 aliphatic carbocycles. The largest absolute Gasteiger partial charge is 0.444 e. The lowest BCUT2D eigenvalue weighted by Crippen LogP contribution is -2.27. The summed E-state index contributed by atoms with van der Waals surface area (Å²) in [5.41, 5.74) is 8.05. The van der Waals surface area contributed by atoms with Crippen molar-refractivity contribution in [2.75, 3.05) is 11.9 Å². The first-order valence-corrected chi connectivity index (χ1v) is 6.61. The molecule has 0 radical (unpaired) electrons. The normalized spacial score (nSPS) is 11.2. The summed E-state index contributed by atoms with van der Waals surface area (Å²) in [5, 5.41) is 2.76. The van der Waals surface area contributed by atoms with E-state index in [9.17, 15) is 4.79 Å². The number of rotatable bonds is 4. The highest BCUT2D eigenvalue weighted by molar-refractivity contribution is 5.85. The molecule has 0 aliphatic heterocycles. The fraction of sp³-hybridized carbons (Fsp3) is 0.533. The lowest BCUT2D eigenvalue weighted by Gasteiger charge is -2.20. The molecule has 19 heavy (non-hydrogen) atoms. The Kier molecular flexibility index (Phi) is 5.36. The zero-order valence-electron chi connectivity index (χ0n) is 12.2. The number of nitrogens with one attached hydrogen (secondary N) is 1. The fourth-order valence-electron chi connectivity index (χ4n) is 1.74. The van der Waals surface area contributed by atoms with Gasteiger partial charge in [0, 0.05) is 5.69 Å². The number of carbonyl (C=O) groups is 1. The Morgan fingerprint density at radius 3 is 2.58 bits per heavy atom. The second-order valence-electron chi connectivity index (χ2n) is 5.67. The monoisotopic (exact) mass is 264 g/mol. The molecule has 0 unspecified atom stereocenters. The first kappa shape index (κ1) is 15.5. The molecule has 0 saturated heterocycles. The van der Waals surface area contributed by atoms with Gasteiger partial charge in [-0.3, -0.25) is 5.32 Å². The third-order valence-corrected chi connectivity index (χ3v) is 2.60. The summed E-state index contributed by atoms with van der Waals surface area (Å²) in [6.45, 7) is 8.19. The maximum absolute atomic E-state index is 11.7. The van der Waals surface area contributed by atoms with Gasteiger partial charge < -0.3 is 10.5 Å². The Balaban J connectivity index is 2.67. The number of ether oxygens (including phenoxy) is 1. The van der Waals surface area contributed by atoms with Gasteiger partial charge in [0.1, 0.15) is 5.60 Å². The van der Waals surface area contributed by atoms with E-state index in [0.717, 1.165) is 24.1 Å². The smallest absolute Gasteiger partial charge is 0.412 e. The van der Waals surface area contributed by atoms with Crippen molar-refractivity contribution in [2.45, 2.75) is 46.1 Å². The van der Waals surface area contributed by atoms with Crippen molar-refractivity contribution in [1.29, 1.82) is 0 Å². The van der Waals surface area contributed by atoms with Gasteiger partial charge in [0.15, 0.2) is 0 Å². The molecule has 0 aromatic heterocycles. The highest BCUT2D eigenvalue weighted by atomic mass is 16.6. The van der Waals surface area contributed by atoms with Gasteiger partial charge >= 0.3 is 6.09 Å².